The van der Waals surface area contributed by atoms with Crippen molar-refractivity contribution in [2.24, 2.45) is 0 Å². The van der Waals surface area contributed by atoms with Gasteiger partial charge in [-0.25, -0.2) is 4.98 Å². The van der Waals surface area contributed by atoms with Gasteiger partial charge < -0.3 is 10.6 Å². The first-order valence-corrected chi connectivity index (χ1v) is 10.6. The number of hydrogen-bond acceptors (Lipinski definition) is 8. The predicted octanol–water partition coefficient (Wildman–Crippen LogP) is 0.802. The number of piperidine rings is 1. The molecule has 3 aliphatic heterocycles. The van der Waals surface area contributed by atoms with Crippen molar-refractivity contribution in [2.45, 2.75) is 38.4 Å². The maximum Gasteiger partial charge on any atom is 0.262 e. The van der Waals surface area contributed by atoms with E-state index in [1.165, 1.54) is 4.88 Å². The minimum Gasteiger partial charge on any atom is -0.357 e. The van der Waals surface area contributed by atoms with Gasteiger partial charge in [-0.1, -0.05) is 6.07 Å². The van der Waals surface area contributed by atoms with Crippen LogP contribution in [0.3, 0.4) is 0 Å². The molecule has 0 radical (unpaired) electrons. The van der Waals surface area contributed by atoms with Crippen molar-refractivity contribution in [1.82, 2.24) is 20.5 Å². The Bertz CT molecular complexity index is 1070. The molecule has 30 heavy (non-hydrogen) atoms. The molecular weight excluding hydrogens is 406 g/mol. The second-order valence-electron chi connectivity index (χ2n) is 7.50. The predicted molar refractivity (Wildman–Crippen MR) is 108 cm³/mol. The number of imide groups is 2. The number of carbonyl (C=O) groups is 4. The molecule has 1 aromatic heterocycles. The molecule has 4 heterocycles. The fourth-order valence-corrected chi connectivity index (χ4v) is 4.98. The molecule has 1 saturated heterocycles. The van der Waals surface area contributed by atoms with Crippen molar-refractivity contribution in [3.8, 4) is 0 Å². The zero-order valence-corrected chi connectivity index (χ0v) is 16.8. The van der Waals surface area contributed by atoms with Crippen molar-refractivity contribution in [1.29, 1.82) is 0 Å². The topological polar surface area (TPSA) is 120 Å². The molecular formula is C20H19N5O4S. The fourth-order valence-electron chi connectivity index (χ4n) is 4.01. The minimum atomic E-state index is -0.952. The van der Waals surface area contributed by atoms with Crippen LogP contribution in [0.25, 0.3) is 0 Å². The Morgan fingerprint density at radius 3 is 2.77 bits per heavy atom. The summed E-state index contributed by atoms with van der Waals surface area (Å²) in [6, 6.07) is 4.14. The van der Waals surface area contributed by atoms with Gasteiger partial charge in [0.15, 0.2) is 5.13 Å². The highest BCUT2D eigenvalue weighted by atomic mass is 32.1. The van der Waals surface area contributed by atoms with Gasteiger partial charge in [-0.15, -0.1) is 11.3 Å². The Morgan fingerprint density at radius 1 is 1.13 bits per heavy atom. The summed E-state index contributed by atoms with van der Waals surface area (Å²) in [5.74, 6) is -1.99. The molecule has 0 spiro atoms. The summed E-state index contributed by atoms with van der Waals surface area (Å²) < 4.78 is 0. The lowest BCUT2D eigenvalue weighted by atomic mass is 10.0. The number of nitrogens with one attached hydrogen (secondary N) is 3. The molecule has 0 aliphatic carbocycles. The summed E-state index contributed by atoms with van der Waals surface area (Å²) in [4.78, 5) is 56.0. The minimum absolute atomic E-state index is 0.103. The van der Waals surface area contributed by atoms with Crippen LogP contribution in [0.2, 0.25) is 0 Å². The van der Waals surface area contributed by atoms with Gasteiger partial charge in [-0.05, 0) is 24.1 Å². The van der Waals surface area contributed by atoms with E-state index in [1.54, 1.807) is 29.5 Å². The van der Waals surface area contributed by atoms with E-state index in [9.17, 15) is 19.2 Å². The molecule has 1 aromatic carbocycles. The molecule has 0 saturated carbocycles. The summed E-state index contributed by atoms with van der Waals surface area (Å²) in [6.07, 6.45) is 1.17. The quantitative estimate of drug-likeness (QED) is 0.620. The lowest BCUT2D eigenvalue weighted by Crippen LogP contribution is -2.54. The van der Waals surface area contributed by atoms with Gasteiger partial charge in [-0.3, -0.25) is 29.4 Å². The summed E-state index contributed by atoms with van der Waals surface area (Å²) in [7, 11) is 0. The van der Waals surface area contributed by atoms with Crippen LogP contribution in [-0.2, 0) is 29.1 Å². The normalized spacial score (nSPS) is 20.8. The zero-order chi connectivity index (χ0) is 20.8. The number of rotatable bonds is 4. The standard InChI is InChI=1S/C20H19N5O4S/c26-16-4-3-14(17(27)24-16)25-18(28)11-2-1-10(7-12(11)19(25)29)8-22-20-23-13-5-6-21-9-15(13)30-20/h1-2,7,14,21H,3-6,8-9H2,(H,22,23)(H,24,26,27). The summed E-state index contributed by atoms with van der Waals surface area (Å²) in [6.45, 7) is 2.23. The first kappa shape index (κ1) is 18.9. The first-order chi connectivity index (χ1) is 14.5. The van der Waals surface area contributed by atoms with Crippen LogP contribution < -0.4 is 16.0 Å². The van der Waals surface area contributed by atoms with Crippen molar-refractivity contribution >= 4 is 40.1 Å². The van der Waals surface area contributed by atoms with Gasteiger partial charge in [0.05, 0.1) is 16.8 Å². The largest absolute Gasteiger partial charge is 0.357 e. The number of anilines is 1. The van der Waals surface area contributed by atoms with E-state index in [1.807, 2.05) is 0 Å². The van der Waals surface area contributed by atoms with E-state index in [0.29, 0.717) is 6.54 Å². The molecule has 5 rings (SSSR count). The Hall–Kier alpha value is -3.11. The SMILES string of the molecule is O=C1CCC(N2C(=O)c3ccc(CNc4nc5c(s4)CNCC5)cc3C2=O)C(=O)N1. The van der Waals surface area contributed by atoms with Crippen LogP contribution in [0, 0.1) is 0 Å². The average molecular weight is 425 g/mol. The first-order valence-electron chi connectivity index (χ1n) is 9.79. The molecule has 154 valence electrons. The van der Waals surface area contributed by atoms with Gasteiger partial charge in [-0.2, -0.15) is 0 Å². The summed E-state index contributed by atoms with van der Waals surface area (Å²) >= 11 is 1.61. The van der Waals surface area contributed by atoms with E-state index in [4.69, 9.17) is 0 Å². The van der Waals surface area contributed by atoms with Crippen molar-refractivity contribution in [3.63, 3.8) is 0 Å². The van der Waals surface area contributed by atoms with Crippen LogP contribution in [0.15, 0.2) is 18.2 Å². The molecule has 3 aliphatic rings. The Balaban J connectivity index is 1.32. The number of fused-ring (bicyclic) bond motifs is 2. The van der Waals surface area contributed by atoms with Crippen LogP contribution in [0.5, 0.6) is 0 Å². The molecule has 9 nitrogen and oxygen atoms in total. The molecule has 2 aromatic rings. The van der Waals surface area contributed by atoms with Crippen LogP contribution in [-0.4, -0.2) is 46.1 Å². The highest BCUT2D eigenvalue weighted by Gasteiger charge is 2.44. The van der Waals surface area contributed by atoms with Gasteiger partial charge in [0, 0.05) is 37.4 Å². The van der Waals surface area contributed by atoms with Crippen LogP contribution >= 0.6 is 11.3 Å². The third-order valence-electron chi connectivity index (χ3n) is 5.55. The van der Waals surface area contributed by atoms with Gasteiger partial charge >= 0.3 is 0 Å². The molecule has 4 amide bonds. The number of aromatic nitrogens is 1. The van der Waals surface area contributed by atoms with Crippen molar-refractivity contribution in [2.75, 3.05) is 11.9 Å². The monoisotopic (exact) mass is 425 g/mol. The zero-order valence-electron chi connectivity index (χ0n) is 16.0. The molecule has 3 N–H and O–H groups in total. The summed E-state index contributed by atoms with van der Waals surface area (Å²) in [5.41, 5.74) is 2.53. The number of nitrogens with zero attached hydrogens (tertiary/aromatic N) is 2. The van der Waals surface area contributed by atoms with E-state index in [0.717, 1.165) is 40.8 Å². The second-order valence-corrected chi connectivity index (χ2v) is 8.58. The molecule has 0 bridgehead atoms. The third kappa shape index (κ3) is 3.17. The van der Waals surface area contributed by atoms with Gasteiger partial charge in [0.25, 0.3) is 11.8 Å². The highest BCUT2D eigenvalue weighted by Crippen LogP contribution is 2.29. The fraction of sp³-hybridized carbons (Fsp3) is 0.350. The van der Waals surface area contributed by atoms with Crippen LogP contribution in [0.4, 0.5) is 5.13 Å². The average Bonchev–Trinajstić information content (AvgIpc) is 3.26. The molecule has 1 atom stereocenters. The van der Waals surface area contributed by atoms with Gasteiger partial charge in [0.2, 0.25) is 11.8 Å². The number of hydrogen-bond donors (Lipinski definition) is 3. The third-order valence-corrected chi connectivity index (χ3v) is 6.61. The smallest absolute Gasteiger partial charge is 0.262 e. The van der Waals surface area contributed by atoms with E-state index in [-0.39, 0.29) is 29.9 Å². The van der Waals surface area contributed by atoms with E-state index >= 15 is 0 Å². The lowest BCUT2D eigenvalue weighted by Gasteiger charge is -2.27. The van der Waals surface area contributed by atoms with E-state index < -0.39 is 23.8 Å². The highest BCUT2D eigenvalue weighted by molar-refractivity contribution is 7.15. The second kappa shape index (κ2) is 7.29. The Kier molecular flexibility index (Phi) is 4.59. The van der Waals surface area contributed by atoms with Gasteiger partial charge in [0.1, 0.15) is 6.04 Å². The summed E-state index contributed by atoms with van der Waals surface area (Å²) in [5, 5.41) is 9.64. The molecule has 1 fully saturated rings. The molecule has 1 unspecified atom stereocenters. The maximum atomic E-state index is 12.9. The van der Waals surface area contributed by atoms with Crippen molar-refractivity contribution in [3.05, 3.63) is 45.5 Å². The van der Waals surface area contributed by atoms with Crippen molar-refractivity contribution < 1.29 is 19.2 Å². The Labute approximate surface area is 175 Å². The van der Waals surface area contributed by atoms with E-state index in [2.05, 4.69) is 20.9 Å². The Morgan fingerprint density at radius 2 is 1.97 bits per heavy atom. The number of amides is 4. The van der Waals surface area contributed by atoms with Crippen LogP contribution in [0.1, 0.15) is 49.7 Å². The molecule has 10 heteroatoms. The lowest BCUT2D eigenvalue weighted by molar-refractivity contribution is -0.136. The number of benzene rings is 1. The number of carbonyl (C=O) groups excluding carboxylic acids is 4. The maximum absolute atomic E-state index is 12.9. The number of thiazole rings is 1.